The number of hydrogen-bond donors (Lipinski definition) is 0. The van der Waals surface area contributed by atoms with Crippen LogP contribution in [0.3, 0.4) is 0 Å². The highest BCUT2D eigenvalue weighted by atomic mass is 14.9. The first-order valence-corrected chi connectivity index (χ1v) is 20.3. The number of pyridine rings is 1. The summed E-state index contributed by atoms with van der Waals surface area (Å²) in [7, 11) is 0. The molecule has 2 aromatic heterocycles. The largest absolute Gasteiger partial charge is 0.247 e. The molecule has 0 aliphatic carbocycles. The molecule has 0 spiro atoms. The van der Waals surface area contributed by atoms with Crippen molar-refractivity contribution in [1.29, 1.82) is 0 Å². The first-order valence-electron chi connectivity index (χ1n) is 20.3. The monoisotopic (exact) mass is 763 g/mol. The van der Waals surface area contributed by atoms with Crippen molar-refractivity contribution in [2.24, 2.45) is 0 Å². The standard InChI is InChI=1S/C57H37N3/c1-3-13-38(14-4-1)39-25-31-43(32-26-39)53-37-54(60-57(59-53)46-16-5-2-6-17-46)44-33-27-40(28-34-44)41-29-35-45(36-30-41)56-51-23-12-22-49(55(51)50-20-9-10-24-52(50)58-56)48-21-11-18-42-15-7-8-19-47(42)48/h1-37H. The lowest BCUT2D eigenvalue weighted by Crippen LogP contribution is -1.96. The zero-order valence-corrected chi connectivity index (χ0v) is 32.7. The van der Waals surface area contributed by atoms with E-state index < -0.39 is 0 Å². The van der Waals surface area contributed by atoms with E-state index in [0.29, 0.717) is 5.82 Å². The zero-order valence-electron chi connectivity index (χ0n) is 32.7. The molecule has 0 fully saturated rings. The van der Waals surface area contributed by atoms with Crippen LogP contribution in [-0.4, -0.2) is 15.0 Å². The molecule has 2 heterocycles. The minimum atomic E-state index is 0.703. The fourth-order valence-corrected chi connectivity index (χ4v) is 8.49. The molecule has 0 amide bonds. The van der Waals surface area contributed by atoms with Crippen LogP contribution in [0, 0.1) is 0 Å². The third-order valence-electron chi connectivity index (χ3n) is 11.5. The SMILES string of the molecule is c1ccc(-c2ccc(-c3cc(-c4ccc(-c5ccc(-c6nc7ccccc7c7c(-c8cccc9ccccc89)cccc67)cc5)cc4)nc(-c4ccccc4)n3)cc2)cc1. The Morgan fingerprint density at radius 1 is 0.267 bits per heavy atom. The number of aromatic nitrogens is 3. The molecule has 3 heteroatoms. The van der Waals surface area contributed by atoms with E-state index in [1.165, 1.54) is 38.4 Å². The highest BCUT2D eigenvalue weighted by Crippen LogP contribution is 2.41. The molecule has 11 aromatic rings. The topological polar surface area (TPSA) is 38.7 Å². The van der Waals surface area contributed by atoms with E-state index in [0.717, 1.165) is 66.8 Å². The Kier molecular flexibility index (Phi) is 8.83. The van der Waals surface area contributed by atoms with Gasteiger partial charge in [-0.1, -0.05) is 212 Å². The summed E-state index contributed by atoms with van der Waals surface area (Å²) in [5, 5.41) is 6.00. The predicted molar refractivity (Wildman–Crippen MR) is 250 cm³/mol. The maximum Gasteiger partial charge on any atom is 0.160 e. The second-order valence-electron chi connectivity index (χ2n) is 15.2. The van der Waals surface area contributed by atoms with Gasteiger partial charge in [-0.15, -0.1) is 0 Å². The molecule has 0 unspecified atom stereocenters. The van der Waals surface area contributed by atoms with E-state index in [1.807, 2.05) is 24.3 Å². The fourth-order valence-electron chi connectivity index (χ4n) is 8.49. The lowest BCUT2D eigenvalue weighted by Gasteiger charge is -2.15. The van der Waals surface area contributed by atoms with Crippen molar-refractivity contribution in [3.63, 3.8) is 0 Å². The summed E-state index contributed by atoms with van der Waals surface area (Å²) in [6.45, 7) is 0. The molecule has 0 aliphatic heterocycles. The lowest BCUT2D eigenvalue weighted by atomic mass is 9.90. The minimum Gasteiger partial charge on any atom is -0.247 e. The van der Waals surface area contributed by atoms with Crippen LogP contribution >= 0.6 is 0 Å². The van der Waals surface area contributed by atoms with Gasteiger partial charge in [-0.2, -0.15) is 0 Å². The summed E-state index contributed by atoms with van der Waals surface area (Å²) in [6.07, 6.45) is 0. The molecule has 0 saturated heterocycles. The average Bonchev–Trinajstić information content (AvgIpc) is 3.34. The van der Waals surface area contributed by atoms with Gasteiger partial charge in [-0.25, -0.2) is 15.0 Å². The molecule has 0 bridgehead atoms. The Balaban J connectivity index is 0.941. The van der Waals surface area contributed by atoms with Crippen LogP contribution in [0.4, 0.5) is 0 Å². The molecular formula is C57H37N3. The number of nitrogens with zero attached hydrogens (tertiary/aromatic N) is 3. The van der Waals surface area contributed by atoms with E-state index in [2.05, 4.69) is 200 Å². The molecule has 9 aromatic carbocycles. The molecule has 60 heavy (non-hydrogen) atoms. The van der Waals surface area contributed by atoms with Crippen LogP contribution in [0.1, 0.15) is 0 Å². The summed E-state index contributed by atoms with van der Waals surface area (Å²) >= 11 is 0. The molecule has 3 nitrogen and oxygen atoms in total. The summed E-state index contributed by atoms with van der Waals surface area (Å²) < 4.78 is 0. The Bertz CT molecular complexity index is 3320. The Labute approximate surface area is 349 Å². The van der Waals surface area contributed by atoms with E-state index in [4.69, 9.17) is 15.0 Å². The third kappa shape index (κ3) is 6.49. The van der Waals surface area contributed by atoms with Crippen molar-refractivity contribution in [2.45, 2.75) is 0 Å². The van der Waals surface area contributed by atoms with Gasteiger partial charge in [0.05, 0.1) is 22.6 Å². The first-order chi connectivity index (χ1) is 29.7. The minimum absolute atomic E-state index is 0.703. The van der Waals surface area contributed by atoms with Crippen molar-refractivity contribution in [3.8, 4) is 78.5 Å². The van der Waals surface area contributed by atoms with Crippen LogP contribution in [0.5, 0.6) is 0 Å². The summed E-state index contributed by atoms with van der Waals surface area (Å²) in [5.74, 6) is 0.703. The average molecular weight is 764 g/mol. The molecule has 11 rings (SSSR count). The van der Waals surface area contributed by atoms with Gasteiger partial charge in [-0.05, 0) is 56.3 Å². The van der Waals surface area contributed by atoms with Gasteiger partial charge < -0.3 is 0 Å². The van der Waals surface area contributed by atoms with Gasteiger partial charge in [0.15, 0.2) is 5.82 Å². The van der Waals surface area contributed by atoms with Gasteiger partial charge in [0.25, 0.3) is 0 Å². The number of fused-ring (bicyclic) bond motifs is 4. The van der Waals surface area contributed by atoms with Crippen LogP contribution in [-0.2, 0) is 0 Å². The van der Waals surface area contributed by atoms with Crippen molar-refractivity contribution in [3.05, 3.63) is 224 Å². The van der Waals surface area contributed by atoms with Gasteiger partial charge in [0, 0.05) is 38.4 Å². The molecular weight excluding hydrogens is 727 g/mol. The summed E-state index contributed by atoms with van der Waals surface area (Å²) in [6, 6.07) is 79.3. The summed E-state index contributed by atoms with van der Waals surface area (Å²) in [4.78, 5) is 15.4. The zero-order chi connectivity index (χ0) is 39.8. The summed E-state index contributed by atoms with van der Waals surface area (Å²) in [5.41, 5.74) is 15.0. The second-order valence-corrected chi connectivity index (χ2v) is 15.2. The maximum absolute atomic E-state index is 5.28. The van der Waals surface area contributed by atoms with Crippen LogP contribution in [0.15, 0.2) is 224 Å². The van der Waals surface area contributed by atoms with Gasteiger partial charge >= 0.3 is 0 Å². The second kappa shape index (κ2) is 15.1. The van der Waals surface area contributed by atoms with Crippen molar-refractivity contribution < 1.29 is 0 Å². The number of hydrogen-bond acceptors (Lipinski definition) is 3. The maximum atomic E-state index is 5.28. The number of benzene rings is 9. The highest BCUT2D eigenvalue weighted by molar-refractivity contribution is 6.19. The van der Waals surface area contributed by atoms with Crippen LogP contribution in [0.25, 0.3) is 111 Å². The Morgan fingerprint density at radius 3 is 1.37 bits per heavy atom. The first kappa shape index (κ1) is 35.2. The fraction of sp³-hybridized carbons (Fsp3) is 0. The predicted octanol–water partition coefficient (Wildman–Crippen LogP) is 15.0. The molecule has 0 radical (unpaired) electrons. The smallest absolute Gasteiger partial charge is 0.160 e. The van der Waals surface area contributed by atoms with Crippen molar-refractivity contribution >= 4 is 32.4 Å². The third-order valence-corrected chi connectivity index (χ3v) is 11.5. The van der Waals surface area contributed by atoms with Crippen LogP contribution in [0.2, 0.25) is 0 Å². The van der Waals surface area contributed by atoms with E-state index >= 15 is 0 Å². The van der Waals surface area contributed by atoms with Gasteiger partial charge in [-0.3, -0.25) is 0 Å². The number of para-hydroxylation sites is 1. The van der Waals surface area contributed by atoms with E-state index in [1.54, 1.807) is 0 Å². The van der Waals surface area contributed by atoms with Gasteiger partial charge in [0.1, 0.15) is 0 Å². The number of rotatable bonds is 7. The van der Waals surface area contributed by atoms with Crippen molar-refractivity contribution in [1.82, 2.24) is 15.0 Å². The normalized spacial score (nSPS) is 11.3. The molecule has 0 aliphatic rings. The van der Waals surface area contributed by atoms with Crippen molar-refractivity contribution in [2.75, 3.05) is 0 Å². The lowest BCUT2D eigenvalue weighted by molar-refractivity contribution is 1.18. The highest BCUT2D eigenvalue weighted by Gasteiger charge is 2.17. The van der Waals surface area contributed by atoms with Gasteiger partial charge in [0.2, 0.25) is 0 Å². The quantitative estimate of drug-likeness (QED) is 0.152. The molecule has 0 atom stereocenters. The molecule has 280 valence electrons. The Hall–Kier alpha value is -8.01. The van der Waals surface area contributed by atoms with Crippen LogP contribution < -0.4 is 0 Å². The molecule has 0 saturated carbocycles. The Morgan fingerprint density at radius 2 is 0.717 bits per heavy atom. The van der Waals surface area contributed by atoms with E-state index in [9.17, 15) is 0 Å². The van der Waals surface area contributed by atoms with E-state index in [-0.39, 0.29) is 0 Å². The molecule has 0 N–H and O–H groups in total.